The van der Waals surface area contributed by atoms with Gasteiger partial charge in [-0.25, -0.2) is 4.39 Å². The van der Waals surface area contributed by atoms with Crippen molar-refractivity contribution in [2.24, 2.45) is 5.92 Å². The van der Waals surface area contributed by atoms with E-state index in [1.54, 1.807) is 12.1 Å². The molecule has 0 radical (unpaired) electrons. The van der Waals surface area contributed by atoms with Crippen LogP contribution in [0.3, 0.4) is 0 Å². The summed E-state index contributed by atoms with van der Waals surface area (Å²) in [5, 5.41) is 3.33. The number of rotatable bonds is 1. The molecule has 0 amide bonds. The van der Waals surface area contributed by atoms with Crippen molar-refractivity contribution in [3.63, 3.8) is 0 Å². The minimum Gasteiger partial charge on any atom is -0.382 e. The summed E-state index contributed by atoms with van der Waals surface area (Å²) in [6.07, 6.45) is 0. The standard InChI is InChI=1S/C12H16FN/c1-7(2)11-8(3)14-10-6-4-5-9(13)12(10)11/h4-8,11,14H,1-3H3. The van der Waals surface area contributed by atoms with E-state index < -0.39 is 0 Å². The highest BCUT2D eigenvalue weighted by Gasteiger charge is 2.33. The van der Waals surface area contributed by atoms with E-state index in [2.05, 4.69) is 26.1 Å². The van der Waals surface area contributed by atoms with Gasteiger partial charge >= 0.3 is 0 Å². The van der Waals surface area contributed by atoms with Crippen molar-refractivity contribution < 1.29 is 4.39 Å². The molecule has 1 nitrogen and oxygen atoms in total. The maximum absolute atomic E-state index is 13.6. The Kier molecular flexibility index (Phi) is 2.22. The Morgan fingerprint density at radius 1 is 1.36 bits per heavy atom. The molecule has 1 aliphatic rings. The second-order valence-corrected chi connectivity index (χ2v) is 4.40. The third kappa shape index (κ3) is 1.29. The topological polar surface area (TPSA) is 12.0 Å². The van der Waals surface area contributed by atoms with E-state index in [0.29, 0.717) is 17.9 Å². The third-order valence-corrected chi connectivity index (χ3v) is 3.03. The van der Waals surface area contributed by atoms with Gasteiger partial charge in [-0.05, 0) is 25.0 Å². The molecule has 1 aliphatic heterocycles. The van der Waals surface area contributed by atoms with E-state index in [0.717, 1.165) is 11.3 Å². The predicted molar refractivity (Wildman–Crippen MR) is 57.1 cm³/mol. The van der Waals surface area contributed by atoms with Gasteiger partial charge in [-0.1, -0.05) is 19.9 Å². The Balaban J connectivity index is 2.50. The molecule has 1 aromatic rings. The van der Waals surface area contributed by atoms with Crippen LogP contribution in [-0.4, -0.2) is 6.04 Å². The zero-order chi connectivity index (χ0) is 10.3. The average Bonchev–Trinajstić information content (AvgIpc) is 2.42. The van der Waals surface area contributed by atoms with Gasteiger partial charge in [0.1, 0.15) is 5.82 Å². The molecule has 2 heteroatoms. The number of hydrogen-bond donors (Lipinski definition) is 1. The van der Waals surface area contributed by atoms with Crippen molar-refractivity contribution in [3.05, 3.63) is 29.6 Å². The fourth-order valence-corrected chi connectivity index (χ4v) is 2.50. The van der Waals surface area contributed by atoms with Gasteiger partial charge in [-0.3, -0.25) is 0 Å². The minimum atomic E-state index is -0.0712. The molecule has 1 heterocycles. The highest BCUT2D eigenvalue weighted by Crippen LogP contribution is 2.41. The lowest BCUT2D eigenvalue weighted by Crippen LogP contribution is -2.20. The first-order valence-electron chi connectivity index (χ1n) is 5.16. The van der Waals surface area contributed by atoms with Gasteiger partial charge in [-0.15, -0.1) is 0 Å². The maximum Gasteiger partial charge on any atom is 0.128 e. The quantitative estimate of drug-likeness (QED) is 0.721. The molecule has 0 saturated heterocycles. The molecular formula is C12H16FN. The van der Waals surface area contributed by atoms with E-state index in [4.69, 9.17) is 0 Å². The first-order valence-corrected chi connectivity index (χ1v) is 5.16. The molecule has 0 aliphatic carbocycles. The molecule has 0 bridgehead atoms. The van der Waals surface area contributed by atoms with Crippen LogP contribution in [0.1, 0.15) is 32.3 Å². The van der Waals surface area contributed by atoms with Gasteiger partial charge < -0.3 is 5.32 Å². The predicted octanol–water partition coefficient (Wildman–Crippen LogP) is 3.38. The highest BCUT2D eigenvalue weighted by molar-refractivity contribution is 5.59. The third-order valence-electron chi connectivity index (χ3n) is 3.03. The molecule has 76 valence electrons. The molecule has 2 unspecified atom stereocenters. The normalized spacial score (nSPS) is 24.9. The molecule has 2 atom stereocenters. The number of nitrogens with one attached hydrogen (secondary N) is 1. The number of halogens is 1. The summed E-state index contributed by atoms with van der Waals surface area (Å²) < 4.78 is 13.6. The van der Waals surface area contributed by atoms with Crippen LogP contribution in [0.4, 0.5) is 10.1 Å². The Bertz CT molecular complexity index is 346. The largest absolute Gasteiger partial charge is 0.382 e. The zero-order valence-corrected chi connectivity index (χ0v) is 8.84. The van der Waals surface area contributed by atoms with Gasteiger partial charge in [0, 0.05) is 23.2 Å². The Hall–Kier alpha value is -1.05. The van der Waals surface area contributed by atoms with Crippen LogP contribution in [0.2, 0.25) is 0 Å². The molecule has 0 aromatic heterocycles. The molecule has 14 heavy (non-hydrogen) atoms. The first-order chi connectivity index (χ1) is 6.61. The van der Waals surface area contributed by atoms with E-state index in [1.807, 2.05) is 6.07 Å². The van der Waals surface area contributed by atoms with E-state index >= 15 is 0 Å². The van der Waals surface area contributed by atoms with Crippen LogP contribution in [0.15, 0.2) is 18.2 Å². The molecule has 1 aromatic carbocycles. The number of anilines is 1. The zero-order valence-electron chi connectivity index (χ0n) is 8.84. The number of hydrogen-bond acceptors (Lipinski definition) is 1. The molecule has 0 saturated carbocycles. The highest BCUT2D eigenvalue weighted by atomic mass is 19.1. The van der Waals surface area contributed by atoms with Gasteiger partial charge in [0.15, 0.2) is 0 Å². The summed E-state index contributed by atoms with van der Waals surface area (Å²) >= 11 is 0. The molecular weight excluding hydrogens is 177 g/mol. The van der Waals surface area contributed by atoms with Gasteiger partial charge in [0.25, 0.3) is 0 Å². The summed E-state index contributed by atoms with van der Waals surface area (Å²) in [6.45, 7) is 6.40. The van der Waals surface area contributed by atoms with E-state index in [9.17, 15) is 4.39 Å². The number of benzene rings is 1. The van der Waals surface area contributed by atoms with Crippen molar-refractivity contribution in [1.29, 1.82) is 0 Å². The van der Waals surface area contributed by atoms with Gasteiger partial charge in [-0.2, -0.15) is 0 Å². The average molecular weight is 193 g/mol. The lowest BCUT2D eigenvalue weighted by Gasteiger charge is -2.20. The van der Waals surface area contributed by atoms with Crippen molar-refractivity contribution in [1.82, 2.24) is 0 Å². The van der Waals surface area contributed by atoms with Crippen LogP contribution in [-0.2, 0) is 0 Å². The monoisotopic (exact) mass is 193 g/mol. The molecule has 1 N–H and O–H groups in total. The van der Waals surface area contributed by atoms with Gasteiger partial charge in [0.2, 0.25) is 0 Å². The fraction of sp³-hybridized carbons (Fsp3) is 0.500. The van der Waals surface area contributed by atoms with Gasteiger partial charge in [0.05, 0.1) is 0 Å². The van der Waals surface area contributed by atoms with Crippen molar-refractivity contribution >= 4 is 5.69 Å². The Morgan fingerprint density at radius 2 is 2.07 bits per heavy atom. The summed E-state index contributed by atoms with van der Waals surface area (Å²) in [7, 11) is 0. The van der Waals surface area contributed by atoms with Crippen LogP contribution < -0.4 is 5.32 Å². The lowest BCUT2D eigenvalue weighted by atomic mass is 9.85. The molecule has 0 spiro atoms. The van der Waals surface area contributed by atoms with Crippen molar-refractivity contribution in [3.8, 4) is 0 Å². The smallest absolute Gasteiger partial charge is 0.128 e. The summed E-state index contributed by atoms with van der Waals surface area (Å²) in [4.78, 5) is 0. The second kappa shape index (κ2) is 3.26. The maximum atomic E-state index is 13.6. The van der Waals surface area contributed by atoms with Crippen LogP contribution in [0, 0.1) is 11.7 Å². The number of fused-ring (bicyclic) bond motifs is 1. The lowest BCUT2D eigenvalue weighted by molar-refractivity contribution is 0.454. The second-order valence-electron chi connectivity index (χ2n) is 4.40. The Labute approximate surface area is 84.3 Å². The molecule has 2 rings (SSSR count). The summed E-state index contributed by atoms with van der Waals surface area (Å²) in [5.41, 5.74) is 1.84. The SMILES string of the molecule is CC(C)C1c2c(F)cccc2NC1C. The van der Waals surface area contributed by atoms with Crippen molar-refractivity contribution in [2.75, 3.05) is 5.32 Å². The van der Waals surface area contributed by atoms with E-state index in [1.165, 1.54) is 0 Å². The minimum absolute atomic E-state index is 0.0712. The summed E-state index contributed by atoms with van der Waals surface area (Å²) in [6, 6.07) is 5.60. The fourth-order valence-electron chi connectivity index (χ4n) is 2.50. The van der Waals surface area contributed by atoms with Crippen molar-refractivity contribution in [2.45, 2.75) is 32.7 Å². The van der Waals surface area contributed by atoms with Crippen LogP contribution >= 0.6 is 0 Å². The summed E-state index contributed by atoms with van der Waals surface area (Å²) in [5.74, 6) is 0.694. The molecule has 0 fully saturated rings. The van der Waals surface area contributed by atoms with E-state index in [-0.39, 0.29) is 5.82 Å². The van der Waals surface area contributed by atoms with Crippen LogP contribution in [0.5, 0.6) is 0 Å². The Morgan fingerprint density at radius 3 is 2.71 bits per heavy atom. The van der Waals surface area contributed by atoms with Crippen LogP contribution in [0.25, 0.3) is 0 Å². The first kappa shape index (κ1) is 9.50.